The van der Waals surface area contributed by atoms with Crippen molar-refractivity contribution in [2.24, 2.45) is 0 Å². The molecule has 0 aliphatic carbocycles. The van der Waals surface area contributed by atoms with E-state index in [0.717, 1.165) is 6.42 Å². The minimum atomic E-state index is -0.351. The van der Waals surface area contributed by atoms with E-state index < -0.39 is 0 Å². The molecule has 0 aliphatic rings. The fraction of sp³-hybridized carbons (Fsp3) is 0.188. The summed E-state index contributed by atoms with van der Waals surface area (Å²) in [6.45, 7) is 2.67. The van der Waals surface area contributed by atoms with E-state index in [9.17, 15) is 9.90 Å². The Bertz CT molecular complexity index is 596. The molecule has 104 valence electrons. The number of aromatic hydroxyl groups is 1. The molecule has 0 saturated carbocycles. The Morgan fingerprint density at radius 2 is 2.00 bits per heavy atom. The predicted molar refractivity (Wildman–Crippen MR) is 78.3 cm³/mol. The van der Waals surface area contributed by atoms with Gasteiger partial charge in [0.1, 0.15) is 11.5 Å². The molecule has 0 atom stereocenters. The largest absolute Gasteiger partial charge is 0.507 e. The summed E-state index contributed by atoms with van der Waals surface area (Å²) in [5.74, 6) is 0.320. The Morgan fingerprint density at radius 3 is 2.75 bits per heavy atom. The lowest BCUT2D eigenvalue weighted by Crippen LogP contribution is -2.12. The Hall–Kier alpha value is -2.49. The van der Waals surface area contributed by atoms with Crippen molar-refractivity contribution in [2.75, 3.05) is 11.9 Å². The molecule has 4 heteroatoms. The van der Waals surface area contributed by atoms with Gasteiger partial charge in [0.2, 0.25) is 0 Å². The zero-order chi connectivity index (χ0) is 14.4. The van der Waals surface area contributed by atoms with Gasteiger partial charge in [-0.05, 0) is 30.7 Å². The number of hydrogen-bond acceptors (Lipinski definition) is 3. The molecule has 2 aromatic carbocycles. The second-order valence-electron chi connectivity index (χ2n) is 4.35. The summed E-state index contributed by atoms with van der Waals surface area (Å²) in [5, 5.41) is 12.4. The van der Waals surface area contributed by atoms with Gasteiger partial charge >= 0.3 is 0 Å². The van der Waals surface area contributed by atoms with Crippen LogP contribution in [0.3, 0.4) is 0 Å². The van der Waals surface area contributed by atoms with Crippen LogP contribution in [0.15, 0.2) is 48.5 Å². The lowest BCUT2D eigenvalue weighted by atomic mass is 10.2. The topological polar surface area (TPSA) is 58.6 Å². The summed E-state index contributed by atoms with van der Waals surface area (Å²) >= 11 is 0. The molecule has 0 spiro atoms. The molecule has 0 aromatic heterocycles. The van der Waals surface area contributed by atoms with Gasteiger partial charge in [0.15, 0.2) is 0 Å². The quantitative estimate of drug-likeness (QED) is 0.875. The molecular weight excluding hydrogens is 254 g/mol. The lowest BCUT2D eigenvalue weighted by molar-refractivity contribution is 0.102. The van der Waals surface area contributed by atoms with Gasteiger partial charge in [-0.2, -0.15) is 0 Å². The van der Waals surface area contributed by atoms with Crippen LogP contribution in [0.1, 0.15) is 23.7 Å². The molecule has 2 aromatic rings. The van der Waals surface area contributed by atoms with E-state index >= 15 is 0 Å². The van der Waals surface area contributed by atoms with Crippen molar-refractivity contribution in [2.45, 2.75) is 13.3 Å². The number of amides is 1. The molecule has 0 aliphatic heterocycles. The van der Waals surface area contributed by atoms with Crippen LogP contribution in [0, 0.1) is 0 Å². The fourth-order valence-electron chi connectivity index (χ4n) is 1.75. The highest BCUT2D eigenvalue weighted by molar-refractivity contribution is 6.06. The number of carbonyl (C=O) groups excluding carboxylic acids is 1. The zero-order valence-corrected chi connectivity index (χ0v) is 11.3. The van der Waals surface area contributed by atoms with Crippen molar-refractivity contribution in [3.63, 3.8) is 0 Å². The highest BCUT2D eigenvalue weighted by Crippen LogP contribution is 2.21. The second kappa shape index (κ2) is 6.61. The molecular formula is C16H17NO3. The first-order valence-corrected chi connectivity index (χ1v) is 6.53. The van der Waals surface area contributed by atoms with E-state index in [4.69, 9.17) is 4.74 Å². The molecule has 0 bridgehead atoms. The first-order chi connectivity index (χ1) is 9.70. The van der Waals surface area contributed by atoms with Crippen LogP contribution in [0.25, 0.3) is 0 Å². The van der Waals surface area contributed by atoms with E-state index in [1.807, 2.05) is 19.1 Å². The van der Waals surface area contributed by atoms with Gasteiger partial charge in [0.05, 0.1) is 12.2 Å². The van der Waals surface area contributed by atoms with E-state index in [1.54, 1.807) is 30.3 Å². The summed E-state index contributed by atoms with van der Waals surface area (Å²) in [6, 6.07) is 13.6. The van der Waals surface area contributed by atoms with Crippen molar-refractivity contribution in [3.8, 4) is 11.5 Å². The van der Waals surface area contributed by atoms with Crippen LogP contribution in [-0.2, 0) is 0 Å². The maximum atomic E-state index is 12.0. The lowest BCUT2D eigenvalue weighted by Gasteiger charge is -2.09. The maximum Gasteiger partial charge on any atom is 0.259 e. The van der Waals surface area contributed by atoms with Crippen LogP contribution < -0.4 is 10.1 Å². The smallest absolute Gasteiger partial charge is 0.259 e. The molecule has 0 saturated heterocycles. The van der Waals surface area contributed by atoms with E-state index in [1.165, 1.54) is 6.07 Å². The zero-order valence-electron chi connectivity index (χ0n) is 11.3. The van der Waals surface area contributed by atoms with E-state index in [2.05, 4.69) is 5.32 Å². The normalized spacial score (nSPS) is 10.1. The third-order valence-corrected chi connectivity index (χ3v) is 2.71. The van der Waals surface area contributed by atoms with Gasteiger partial charge < -0.3 is 15.2 Å². The van der Waals surface area contributed by atoms with Crippen molar-refractivity contribution in [1.29, 1.82) is 0 Å². The number of benzene rings is 2. The maximum absolute atomic E-state index is 12.0. The van der Waals surface area contributed by atoms with Crippen LogP contribution in [-0.4, -0.2) is 17.6 Å². The second-order valence-corrected chi connectivity index (χ2v) is 4.35. The highest BCUT2D eigenvalue weighted by atomic mass is 16.5. The number of phenolic OH excluding ortho intramolecular Hbond substituents is 1. The fourth-order valence-corrected chi connectivity index (χ4v) is 1.75. The van der Waals surface area contributed by atoms with Gasteiger partial charge in [-0.25, -0.2) is 0 Å². The first kappa shape index (κ1) is 13.9. The Labute approximate surface area is 118 Å². The van der Waals surface area contributed by atoms with Gasteiger partial charge in [-0.15, -0.1) is 0 Å². The molecule has 2 N–H and O–H groups in total. The van der Waals surface area contributed by atoms with Crippen LogP contribution in [0.4, 0.5) is 5.69 Å². The highest BCUT2D eigenvalue weighted by Gasteiger charge is 2.10. The summed E-state index contributed by atoms with van der Waals surface area (Å²) in [7, 11) is 0. The minimum absolute atomic E-state index is 0.0385. The van der Waals surface area contributed by atoms with Crippen molar-refractivity contribution in [1.82, 2.24) is 0 Å². The van der Waals surface area contributed by atoms with Crippen LogP contribution in [0.5, 0.6) is 11.5 Å². The number of rotatable bonds is 5. The summed E-state index contributed by atoms with van der Waals surface area (Å²) in [6.07, 6.45) is 0.925. The molecule has 0 radical (unpaired) electrons. The van der Waals surface area contributed by atoms with E-state index in [-0.39, 0.29) is 17.2 Å². The number of hydrogen-bond donors (Lipinski definition) is 2. The molecule has 0 unspecified atom stereocenters. The van der Waals surface area contributed by atoms with Crippen molar-refractivity contribution in [3.05, 3.63) is 54.1 Å². The number of phenols is 1. The molecule has 1 amide bonds. The summed E-state index contributed by atoms with van der Waals surface area (Å²) in [4.78, 5) is 12.0. The SMILES string of the molecule is CCCOc1cccc(NC(=O)c2ccccc2O)c1. The minimum Gasteiger partial charge on any atom is -0.507 e. The predicted octanol–water partition coefficient (Wildman–Crippen LogP) is 3.43. The number of para-hydroxylation sites is 1. The Kier molecular flexibility index (Phi) is 4.60. The van der Waals surface area contributed by atoms with Crippen LogP contribution >= 0.6 is 0 Å². The first-order valence-electron chi connectivity index (χ1n) is 6.53. The molecule has 2 rings (SSSR count). The van der Waals surface area contributed by atoms with Crippen molar-refractivity contribution >= 4 is 11.6 Å². The van der Waals surface area contributed by atoms with E-state index in [0.29, 0.717) is 18.0 Å². The standard InChI is InChI=1S/C16H17NO3/c1-2-10-20-13-7-5-6-12(11-13)17-16(19)14-8-3-4-9-15(14)18/h3-9,11,18H,2,10H2,1H3,(H,17,19). The third kappa shape index (κ3) is 3.51. The Morgan fingerprint density at radius 1 is 1.20 bits per heavy atom. The average molecular weight is 271 g/mol. The molecule has 20 heavy (non-hydrogen) atoms. The molecule has 0 fully saturated rings. The van der Waals surface area contributed by atoms with Gasteiger partial charge in [-0.3, -0.25) is 4.79 Å². The molecule has 4 nitrogen and oxygen atoms in total. The number of anilines is 1. The number of ether oxygens (including phenoxy) is 1. The summed E-state index contributed by atoms with van der Waals surface area (Å²) in [5.41, 5.74) is 0.874. The van der Waals surface area contributed by atoms with Crippen molar-refractivity contribution < 1.29 is 14.6 Å². The van der Waals surface area contributed by atoms with Gasteiger partial charge in [0.25, 0.3) is 5.91 Å². The summed E-state index contributed by atoms with van der Waals surface area (Å²) < 4.78 is 5.51. The average Bonchev–Trinajstić information content (AvgIpc) is 2.46. The van der Waals surface area contributed by atoms with Gasteiger partial charge in [-0.1, -0.05) is 25.1 Å². The Balaban J connectivity index is 2.10. The monoisotopic (exact) mass is 271 g/mol. The molecule has 0 heterocycles. The third-order valence-electron chi connectivity index (χ3n) is 2.71. The van der Waals surface area contributed by atoms with Crippen LogP contribution in [0.2, 0.25) is 0 Å². The number of nitrogens with one attached hydrogen (secondary N) is 1. The number of carbonyl (C=O) groups is 1. The van der Waals surface area contributed by atoms with Gasteiger partial charge in [0, 0.05) is 11.8 Å².